The van der Waals surface area contributed by atoms with E-state index in [1.807, 2.05) is 13.8 Å². The highest BCUT2D eigenvalue weighted by molar-refractivity contribution is 7.89. The largest absolute Gasteiger partial charge is 0.351 e. The number of rotatable bonds is 12. The second kappa shape index (κ2) is 13.0. The molecule has 3 aromatic rings. The van der Waals surface area contributed by atoms with E-state index in [-0.39, 0.29) is 10.8 Å². The molecule has 1 aliphatic rings. The van der Waals surface area contributed by atoms with Crippen molar-refractivity contribution in [3.63, 3.8) is 0 Å². The van der Waals surface area contributed by atoms with Crippen molar-refractivity contribution in [2.24, 2.45) is 0 Å². The molecule has 0 bridgehead atoms. The molecule has 1 aliphatic heterocycles. The minimum atomic E-state index is -3.55. The highest BCUT2D eigenvalue weighted by Gasteiger charge is 2.23. The van der Waals surface area contributed by atoms with Crippen LogP contribution in [0.2, 0.25) is 0 Å². The Bertz CT molecular complexity index is 1320. The van der Waals surface area contributed by atoms with Crippen LogP contribution in [0.5, 0.6) is 0 Å². The molecule has 38 heavy (non-hydrogen) atoms. The smallest absolute Gasteiger partial charge is 0.251 e. The minimum absolute atomic E-state index is 0.188. The highest BCUT2D eigenvalue weighted by Crippen LogP contribution is 2.31. The lowest BCUT2D eigenvalue weighted by atomic mass is 10.1. The van der Waals surface area contributed by atoms with E-state index in [1.165, 1.54) is 26.7 Å². The first kappa shape index (κ1) is 28.5. The molecule has 0 aliphatic carbocycles. The third-order valence-corrected chi connectivity index (χ3v) is 10.2. The molecule has 2 heterocycles. The zero-order valence-electron chi connectivity index (χ0n) is 22.6. The third-order valence-electron chi connectivity index (χ3n) is 7.10. The average molecular weight is 558 g/mol. The van der Waals surface area contributed by atoms with Gasteiger partial charge < -0.3 is 10.2 Å². The predicted octanol–water partition coefficient (Wildman–Crippen LogP) is 4.22. The summed E-state index contributed by atoms with van der Waals surface area (Å²) >= 11 is 1.76. The standard InChI is InChI=1S/C28H39N5O3S2/c1-4-7-16-33(6-3)38(35,36)24-13-11-23(12-14-24)27(34)29-15-17-31-18-20-32(21-19-31)28-30-26-22(5-2)9-8-10-25(26)37-28/h8-14H,4-7,15-21H2,1-3H3,(H,29,34). The Hall–Kier alpha value is -2.53. The van der Waals surface area contributed by atoms with E-state index in [2.05, 4.69) is 40.2 Å². The minimum Gasteiger partial charge on any atom is -0.351 e. The number of fused-ring (bicyclic) bond motifs is 1. The molecule has 4 rings (SSSR count). The molecule has 1 fully saturated rings. The number of nitrogens with one attached hydrogen (secondary N) is 1. The second-order valence-electron chi connectivity index (χ2n) is 9.57. The summed E-state index contributed by atoms with van der Waals surface area (Å²) in [5, 5.41) is 4.06. The summed E-state index contributed by atoms with van der Waals surface area (Å²) in [5.41, 5.74) is 2.89. The molecule has 1 saturated heterocycles. The van der Waals surface area contributed by atoms with Crippen LogP contribution < -0.4 is 10.2 Å². The van der Waals surface area contributed by atoms with Crippen molar-refractivity contribution in [2.75, 3.05) is 57.3 Å². The van der Waals surface area contributed by atoms with Gasteiger partial charge in [-0.3, -0.25) is 9.69 Å². The summed E-state index contributed by atoms with van der Waals surface area (Å²) < 4.78 is 28.5. The van der Waals surface area contributed by atoms with Crippen molar-refractivity contribution in [1.29, 1.82) is 0 Å². The van der Waals surface area contributed by atoms with Crippen molar-refractivity contribution < 1.29 is 13.2 Å². The van der Waals surface area contributed by atoms with E-state index < -0.39 is 10.0 Å². The molecule has 0 atom stereocenters. The number of carbonyl (C=O) groups excluding carboxylic acids is 1. The first-order valence-electron chi connectivity index (χ1n) is 13.6. The maximum Gasteiger partial charge on any atom is 0.251 e. The van der Waals surface area contributed by atoms with E-state index in [1.54, 1.807) is 23.5 Å². The summed E-state index contributed by atoms with van der Waals surface area (Å²) in [5.74, 6) is -0.188. The fourth-order valence-corrected chi connectivity index (χ4v) is 7.27. The zero-order chi connectivity index (χ0) is 27.1. The van der Waals surface area contributed by atoms with Gasteiger partial charge in [-0.2, -0.15) is 4.31 Å². The molecule has 1 amide bonds. The second-order valence-corrected chi connectivity index (χ2v) is 12.5. The highest BCUT2D eigenvalue weighted by atomic mass is 32.2. The lowest BCUT2D eigenvalue weighted by Gasteiger charge is -2.34. The topological polar surface area (TPSA) is 85.8 Å². The Kier molecular flexibility index (Phi) is 9.75. The number of thiazole rings is 1. The van der Waals surface area contributed by atoms with Crippen molar-refractivity contribution in [3.8, 4) is 0 Å². The normalized spacial score (nSPS) is 14.9. The van der Waals surface area contributed by atoms with Gasteiger partial charge in [-0.25, -0.2) is 13.4 Å². The van der Waals surface area contributed by atoms with Crippen molar-refractivity contribution in [3.05, 3.63) is 53.6 Å². The van der Waals surface area contributed by atoms with Gasteiger partial charge in [0.25, 0.3) is 5.91 Å². The van der Waals surface area contributed by atoms with Gasteiger partial charge in [0.1, 0.15) is 0 Å². The zero-order valence-corrected chi connectivity index (χ0v) is 24.3. The van der Waals surface area contributed by atoms with Crippen LogP contribution in [0.4, 0.5) is 5.13 Å². The number of aryl methyl sites for hydroxylation is 1. The summed E-state index contributed by atoms with van der Waals surface area (Å²) in [6.07, 6.45) is 2.74. The number of piperazine rings is 1. The van der Waals surface area contributed by atoms with E-state index in [9.17, 15) is 13.2 Å². The van der Waals surface area contributed by atoms with E-state index >= 15 is 0 Å². The van der Waals surface area contributed by atoms with Crippen LogP contribution in [0.15, 0.2) is 47.4 Å². The predicted molar refractivity (Wildman–Crippen MR) is 156 cm³/mol. The number of amides is 1. The molecule has 0 radical (unpaired) electrons. The number of sulfonamides is 1. The van der Waals surface area contributed by atoms with Gasteiger partial charge in [0, 0.05) is 57.9 Å². The molecule has 1 aromatic heterocycles. The van der Waals surface area contributed by atoms with E-state index in [0.29, 0.717) is 25.2 Å². The molecule has 10 heteroatoms. The summed E-state index contributed by atoms with van der Waals surface area (Å²) in [4.78, 5) is 22.5. The van der Waals surface area contributed by atoms with Crippen molar-refractivity contribution in [2.45, 2.75) is 44.9 Å². The number of benzene rings is 2. The monoisotopic (exact) mass is 557 g/mol. The van der Waals surface area contributed by atoms with E-state index in [0.717, 1.165) is 62.6 Å². The average Bonchev–Trinajstić information content (AvgIpc) is 3.38. The van der Waals surface area contributed by atoms with Crippen LogP contribution in [0, 0.1) is 0 Å². The van der Waals surface area contributed by atoms with Crippen molar-refractivity contribution in [1.82, 2.24) is 19.5 Å². The van der Waals surface area contributed by atoms with Crippen molar-refractivity contribution >= 4 is 42.6 Å². The Morgan fingerprint density at radius 2 is 1.79 bits per heavy atom. The third kappa shape index (κ3) is 6.54. The van der Waals surface area contributed by atoms with Crippen LogP contribution >= 0.6 is 11.3 Å². The van der Waals surface area contributed by atoms with Gasteiger partial charge in [-0.15, -0.1) is 0 Å². The van der Waals surface area contributed by atoms with E-state index in [4.69, 9.17) is 4.98 Å². The van der Waals surface area contributed by atoms with Crippen LogP contribution in [0.25, 0.3) is 10.2 Å². The summed E-state index contributed by atoms with van der Waals surface area (Å²) in [6.45, 7) is 12.0. The number of hydrogen-bond acceptors (Lipinski definition) is 7. The summed E-state index contributed by atoms with van der Waals surface area (Å²) in [7, 11) is -3.55. The van der Waals surface area contributed by atoms with Crippen LogP contribution in [-0.4, -0.2) is 80.9 Å². The number of unbranched alkanes of at least 4 members (excludes halogenated alkanes) is 1. The molecular weight excluding hydrogens is 518 g/mol. The van der Waals surface area contributed by atoms with Gasteiger partial charge in [-0.05, 0) is 48.7 Å². The number of nitrogens with zero attached hydrogens (tertiary/aromatic N) is 4. The molecule has 1 N–H and O–H groups in total. The molecule has 0 spiro atoms. The number of para-hydroxylation sites is 1. The lowest BCUT2D eigenvalue weighted by molar-refractivity contribution is 0.0947. The number of aromatic nitrogens is 1. The maximum absolute atomic E-state index is 12.9. The quantitative estimate of drug-likeness (QED) is 0.359. The molecular formula is C28H39N5O3S2. The Morgan fingerprint density at radius 1 is 1.05 bits per heavy atom. The Morgan fingerprint density at radius 3 is 2.45 bits per heavy atom. The fourth-order valence-electron chi connectivity index (χ4n) is 4.72. The van der Waals surface area contributed by atoms with Crippen LogP contribution in [0.1, 0.15) is 49.5 Å². The molecule has 206 valence electrons. The number of carbonyl (C=O) groups is 1. The van der Waals surface area contributed by atoms with Gasteiger partial charge in [-0.1, -0.05) is 50.7 Å². The number of anilines is 1. The van der Waals surface area contributed by atoms with Gasteiger partial charge >= 0.3 is 0 Å². The van der Waals surface area contributed by atoms with Gasteiger partial charge in [0.15, 0.2) is 5.13 Å². The molecule has 0 unspecified atom stereocenters. The maximum atomic E-state index is 12.9. The van der Waals surface area contributed by atoms with Crippen LogP contribution in [-0.2, 0) is 16.4 Å². The van der Waals surface area contributed by atoms with Crippen LogP contribution in [0.3, 0.4) is 0 Å². The molecule has 2 aromatic carbocycles. The Labute approximate surface area is 230 Å². The van der Waals surface area contributed by atoms with Gasteiger partial charge in [0.2, 0.25) is 10.0 Å². The van der Waals surface area contributed by atoms with Gasteiger partial charge in [0.05, 0.1) is 15.1 Å². The molecule has 8 nitrogen and oxygen atoms in total. The first-order valence-corrected chi connectivity index (χ1v) is 15.9. The number of hydrogen-bond donors (Lipinski definition) is 1. The molecule has 0 saturated carbocycles. The SMILES string of the molecule is CCCCN(CC)S(=O)(=O)c1ccc(C(=O)NCCN2CCN(c3nc4c(CC)cccc4s3)CC2)cc1. The Balaban J connectivity index is 1.24. The fraction of sp³-hybridized carbons (Fsp3) is 0.500. The first-order chi connectivity index (χ1) is 18.4. The summed E-state index contributed by atoms with van der Waals surface area (Å²) in [6, 6.07) is 12.7. The lowest BCUT2D eigenvalue weighted by Crippen LogP contribution is -2.48.